The van der Waals surface area contributed by atoms with E-state index in [1.54, 1.807) is 0 Å². The van der Waals surface area contributed by atoms with Crippen molar-refractivity contribution in [2.45, 2.75) is 24.7 Å². The van der Waals surface area contributed by atoms with Crippen LogP contribution in [0.1, 0.15) is 6.42 Å². The maximum Gasteiger partial charge on any atom is 0.0976 e. The van der Waals surface area contributed by atoms with Crippen molar-refractivity contribution in [3.63, 3.8) is 0 Å². The number of hydrogen-bond acceptors (Lipinski definition) is 4. The number of aliphatic hydroxyl groups excluding tert-OH is 3. The third-order valence-corrected chi connectivity index (χ3v) is 2.32. The van der Waals surface area contributed by atoms with Crippen molar-refractivity contribution in [1.82, 2.24) is 4.90 Å². The molecule has 3 N–H and O–H groups in total. The molecule has 66 valence electrons. The summed E-state index contributed by atoms with van der Waals surface area (Å²) in [5.41, 5.74) is 0. The molecule has 0 bridgehead atoms. The highest BCUT2D eigenvalue weighted by Gasteiger charge is 2.33. The van der Waals surface area contributed by atoms with Gasteiger partial charge in [0.15, 0.2) is 0 Å². The Bertz CT molecular complexity index is 131. The van der Waals surface area contributed by atoms with E-state index in [0.29, 0.717) is 6.42 Å². The van der Waals surface area contributed by atoms with Crippen molar-refractivity contribution in [3.05, 3.63) is 0 Å². The molecule has 0 spiro atoms. The molecule has 0 aromatic heterocycles. The normalized spacial score (nSPS) is 40.9. The number of rotatable bonds is 1. The number of aliphatic hydroxyl groups is 3. The van der Waals surface area contributed by atoms with Gasteiger partial charge in [0.2, 0.25) is 0 Å². The second-order valence-corrected chi connectivity index (χ2v) is 3.08. The predicted molar refractivity (Wildman–Crippen MR) is 40.1 cm³/mol. The molecule has 1 fully saturated rings. The Morgan fingerprint density at radius 1 is 1.45 bits per heavy atom. The standard InChI is InChI=1S/C7H15NO3/c1-8-3-2-6(10)7(11)5(8)4-9/h5-7,9-11H,2-4H2,1H3/t5-,6-,7-/m1/s1. The molecule has 4 nitrogen and oxygen atoms in total. The highest BCUT2D eigenvalue weighted by atomic mass is 16.3. The number of likely N-dealkylation sites (tertiary alicyclic amines) is 1. The average molecular weight is 161 g/mol. The molecule has 4 heteroatoms. The first-order valence-corrected chi connectivity index (χ1v) is 3.84. The molecule has 0 saturated carbocycles. The van der Waals surface area contributed by atoms with Gasteiger partial charge in [-0.1, -0.05) is 0 Å². The van der Waals surface area contributed by atoms with Crippen LogP contribution >= 0.6 is 0 Å². The lowest BCUT2D eigenvalue weighted by Gasteiger charge is -2.38. The van der Waals surface area contributed by atoms with Crippen molar-refractivity contribution >= 4 is 0 Å². The van der Waals surface area contributed by atoms with Crippen molar-refractivity contribution in [2.24, 2.45) is 0 Å². The van der Waals surface area contributed by atoms with Crippen LogP contribution in [-0.4, -0.2) is 58.7 Å². The molecule has 0 aliphatic carbocycles. The molecular weight excluding hydrogens is 146 g/mol. The summed E-state index contributed by atoms with van der Waals surface area (Å²) in [7, 11) is 1.83. The van der Waals surface area contributed by atoms with Crippen LogP contribution < -0.4 is 0 Å². The van der Waals surface area contributed by atoms with E-state index in [9.17, 15) is 10.2 Å². The molecule has 1 aliphatic heterocycles. The fourth-order valence-electron chi connectivity index (χ4n) is 1.44. The first-order valence-electron chi connectivity index (χ1n) is 3.84. The van der Waals surface area contributed by atoms with Crippen LogP contribution in [0.15, 0.2) is 0 Å². The number of hydrogen-bond donors (Lipinski definition) is 3. The third-order valence-electron chi connectivity index (χ3n) is 2.32. The van der Waals surface area contributed by atoms with Crippen molar-refractivity contribution in [2.75, 3.05) is 20.2 Å². The number of piperidine rings is 1. The molecule has 1 saturated heterocycles. The molecule has 0 amide bonds. The van der Waals surface area contributed by atoms with E-state index >= 15 is 0 Å². The Hall–Kier alpha value is -0.160. The zero-order chi connectivity index (χ0) is 8.43. The minimum Gasteiger partial charge on any atom is -0.395 e. The van der Waals surface area contributed by atoms with Gasteiger partial charge in [-0.2, -0.15) is 0 Å². The van der Waals surface area contributed by atoms with E-state index in [4.69, 9.17) is 5.11 Å². The lowest BCUT2D eigenvalue weighted by atomic mass is 9.97. The Labute approximate surface area is 66.1 Å². The van der Waals surface area contributed by atoms with E-state index in [2.05, 4.69) is 0 Å². The van der Waals surface area contributed by atoms with Gasteiger partial charge in [-0.25, -0.2) is 0 Å². The van der Waals surface area contributed by atoms with Crippen molar-refractivity contribution in [3.8, 4) is 0 Å². The van der Waals surface area contributed by atoms with Crippen LogP contribution in [0.4, 0.5) is 0 Å². The van der Waals surface area contributed by atoms with Gasteiger partial charge in [0.05, 0.1) is 24.9 Å². The molecule has 0 aromatic rings. The summed E-state index contributed by atoms with van der Waals surface area (Å²) in [5.74, 6) is 0. The molecule has 0 unspecified atom stereocenters. The van der Waals surface area contributed by atoms with Crippen LogP contribution in [0.5, 0.6) is 0 Å². The SMILES string of the molecule is CN1CC[C@@H](O)[C@H](O)[C@H]1CO. The van der Waals surface area contributed by atoms with Crippen LogP contribution in [0.25, 0.3) is 0 Å². The minimum absolute atomic E-state index is 0.102. The van der Waals surface area contributed by atoms with Crippen LogP contribution in [0.2, 0.25) is 0 Å². The van der Waals surface area contributed by atoms with Crippen molar-refractivity contribution < 1.29 is 15.3 Å². The van der Waals surface area contributed by atoms with E-state index in [1.807, 2.05) is 11.9 Å². The zero-order valence-electron chi connectivity index (χ0n) is 6.64. The summed E-state index contributed by atoms with van der Waals surface area (Å²) in [5, 5.41) is 27.4. The quantitative estimate of drug-likeness (QED) is 0.433. The average Bonchev–Trinajstić information content (AvgIpc) is 1.99. The molecule has 1 heterocycles. The largest absolute Gasteiger partial charge is 0.395 e. The summed E-state index contributed by atoms with van der Waals surface area (Å²) in [6, 6.07) is -0.307. The fraction of sp³-hybridized carbons (Fsp3) is 1.00. The first kappa shape index (κ1) is 8.93. The third kappa shape index (κ3) is 1.70. The predicted octanol–water partition coefficient (Wildman–Crippen LogP) is -1.60. The topological polar surface area (TPSA) is 63.9 Å². The Kier molecular flexibility index (Phi) is 2.84. The second-order valence-electron chi connectivity index (χ2n) is 3.08. The Balaban J connectivity index is 2.55. The van der Waals surface area contributed by atoms with Gasteiger partial charge < -0.3 is 15.3 Å². The van der Waals surface area contributed by atoms with Gasteiger partial charge in [0.1, 0.15) is 0 Å². The van der Waals surface area contributed by atoms with Crippen LogP contribution in [0.3, 0.4) is 0 Å². The summed E-state index contributed by atoms with van der Waals surface area (Å²) in [4.78, 5) is 1.86. The molecule has 11 heavy (non-hydrogen) atoms. The Morgan fingerprint density at radius 2 is 2.09 bits per heavy atom. The minimum atomic E-state index is -0.807. The van der Waals surface area contributed by atoms with Gasteiger partial charge >= 0.3 is 0 Å². The van der Waals surface area contributed by atoms with E-state index in [1.165, 1.54) is 0 Å². The number of nitrogens with zero attached hydrogens (tertiary/aromatic N) is 1. The summed E-state index contributed by atoms with van der Waals surface area (Å²) >= 11 is 0. The van der Waals surface area contributed by atoms with E-state index < -0.39 is 12.2 Å². The van der Waals surface area contributed by atoms with Crippen molar-refractivity contribution in [1.29, 1.82) is 0 Å². The van der Waals surface area contributed by atoms with Gasteiger partial charge in [0, 0.05) is 6.54 Å². The van der Waals surface area contributed by atoms with Gasteiger partial charge in [-0.15, -0.1) is 0 Å². The highest BCUT2D eigenvalue weighted by molar-refractivity contribution is 4.87. The molecule has 1 rings (SSSR count). The molecule has 1 aliphatic rings. The van der Waals surface area contributed by atoms with Gasteiger partial charge in [0.25, 0.3) is 0 Å². The zero-order valence-corrected chi connectivity index (χ0v) is 6.64. The highest BCUT2D eigenvalue weighted by Crippen LogP contribution is 2.15. The van der Waals surface area contributed by atoms with E-state index in [-0.39, 0.29) is 12.6 Å². The summed E-state index contributed by atoms with van der Waals surface area (Å²) in [6.45, 7) is 0.623. The Morgan fingerprint density at radius 3 is 2.55 bits per heavy atom. The molecular formula is C7H15NO3. The van der Waals surface area contributed by atoms with Crippen LogP contribution in [0, 0.1) is 0 Å². The maximum absolute atomic E-state index is 9.36. The van der Waals surface area contributed by atoms with E-state index in [0.717, 1.165) is 6.54 Å². The van der Waals surface area contributed by atoms with Gasteiger partial charge in [-0.05, 0) is 13.5 Å². The summed E-state index contributed by atoms with van der Waals surface area (Å²) in [6.07, 6.45) is -0.907. The second kappa shape index (κ2) is 3.49. The molecule has 0 radical (unpaired) electrons. The van der Waals surface area contributed by atoms with Crippen LogP contribution in [-0.2, 0) is 0 Å². The molecule has 0 aromatic carbocycles. The lowest BCUT2D eigenvalue weighted by molar-refractivity contribution is -0.0818. The molecule has 3 atom stereocenters. The lowest BCUT2D eigenvalue weighted by Crippen LogP contribution is -2.54. The van der Waals surface area contributed by atoms with Gasteiger partial charge in [-0.3, -0.25) is 4.90 Å². The monoisotopic (exact) mass is 161 g/mol. The number of likely N-dealkylation sites (N-methyl/N-ethyl adjacent to an activating group) is 1. The fourth-order valence-corrected chi connectivity index (χ4v) is 1.44. The smallest absolute Gasteiger partial charge is 0.0976 e. The maximum atomic E-state index is 9.36. The first-order chi connectivity index (χ1) is 5.16. The summed E-state index contributed by atoms with van der Waals surface area (Å²) < 4.78 is 0.